The standard InChI is InChI=1S/C18H30N4O3/c1-20(2)17(25)19-10-16(24)21-9-3-7-18(12-21)8-6-15(23)22(13-18)11-14-4-5-14/h14H,3-13H2,1-2H3,(H,19,25)/t18-/m1/s1. The highest BCUT2D eigenvalue weighted by molar-refractivity contribution is 5.84. The highest BCUT2D eigenvalue weighted by atomic mass is 16.2. The molecule has 3 rings (SSSR count). The molecule has 1 aliphatic carbocycles. The van der Waals surface area contributed by atoms with Crippen molar-refractivity contribution in [2.24, 2.45) is 11.3 Å². The molecule has 0 unspecified atom stereocenters. The Labute approximate surface area is 149 Å². The fourth-order valence-electron chi connectivity index (χ4n) is 4.06. The van der Waals surface area contributed by atoms with E-state index in [1.54, 1.807) is 14.1 Å². The fraction of sp³-hybridized carbons (Fsp3) is 0.833. The van der Waals surface area contributed by atoms with Gasteiger partial charge in [0.2, 0.25) is 11.8 Å². The summed E-state index contributed by atoms with van der Waals surface area (Å²) in [5.74, 6) is 0.945. The van der Waals surface area contributed by atoms with Crippen LogP contribution >= 0.6 is 0 Å². The predicted octanol–water partition coefficient (Wildman–Crippen LogP) is 0.899. The second-order valence-corrected chi connectivity index (χ2v) is 8.19. The summed E-state index contributed by atoms with van der Waals surface area (Å²) in [5.41, 5.74) is 0.0439. The lowest BCUT2D eigenvalue weighted by Crippen LogP contribution is -2.56. The van der Waals surface area contributed by atoms with Gasteiger partial charge in [0.1, 0.15) is 0 Å². The first-order valence-electron chi connectivity index (χ1n) is 9.39. The molecule has 25 heavy (non-hydrogen) atoms. The maximum Gasteiger partial charge on any atom is 0.317 e. The molecular weight excluding hydrogens is 320 g/mol. The van der Waals surface area contributed by atoms with Crippen LogP contribution in [0.15, 0.2) is 0 Å². The fourth-order valence-corrected chi connectivity index (χ4v) is 4.06. The Kier molecular flexibility index (Phi) is 5.20. The lowest BCUT2D eigenvalue weighted by Gasteiger charge is -2.48. The quantitative estimate of drug-likeness (QED) is 0.819. The normalized spacial score (nSPS) is 26.7. The molecule has 0 aromatic carbocycles. The number of piperidine rings is 2. The van der Waals surface area contributed by atoms with Crippen molar-refractivity contribution in [3.63, 3.8) is 0 Å². The van der Waals surface area contributed by atoms with Crippen LogP contribution in [0.3, 0.4) is 0 Å². The minimum Gasteiger partial charge on any atom is -0.342 e. The van der Waals surface area contributed by atoms with Gasteiger partial charge in [-0.15, -0.1) is 0 Å². The third-order valence-corrected chi connectivity index (χ3v) is 5.73. The summed E-state index contributed by atoms with van der Waals surface area (Å²) in [7, 11) is 3.31. The molecular formula is C18H30N4O3. The maximum atomic E-state index is 12.5. The molecule has 1 N–H and O–H groups in total. The molecule has 0 bridgehead atoms. The van der Waals surface area contributed by atoms with Gasteiger partial charge in [-0.05, 0) is 38.0 Å². The summed E-state index contributed by atoms with van der Waals surface area (Å²) < 4.78 is 0. The first-order chi connectivity index (χ1) is 11.9. The number of hydrogen-bond donors (Lipinski definition) is 1. The van der Waals surface area contributed by atoms with Crippen molar-refractivity contribution < 1.29 is 14.4 Å². The van der Waals surface area contributed by atoms with Crippen molar-refractivity contribution in [3.05, 3.63) is 0 Å². The van der Waals surface area contributed by atoms with E-state index in [1.807, 2.05) is 9.80 Å². The van der Waals surface area contributed by atoms with E-state index in [1.165, 1.54) is 17.7 Å². The van der Waals surface area contributed by atoms with E-state index >= 15 is 0 Å². The van der Waals surface area contributed by atoms with E-state index in [0.29, 0.717) is 18.9 Å². The summed E-state index contributed by atoms with van der Waals surface area (Å²) in [5, 5.41) is 2.65. The predicted molar refractivity (Wildman–Crippen MR) is 93.9 cm³/mol. The monoisotopic (exact) mass is 350 g/mol. The van der Waals surface area contributed by atoms with E-state index in [9.17, 15) is 14.4 Å². The number of likely N-dealkylation sites (tertiary alicyclic amines) is 2. The minimum absolute atomic E-state index is 0.0279. The molecule has 140 valence electrons. The highest BCUT2D eigenvalue weighted by Crippen LogP contribution is 2.40. The Bertz CT molecular complexity index is 546. The van der Waals surface area contributed by atoms with Crippen molar-refractivity contribution in [1.29, 1.82) is 0 Å². The van der Waals surface area contributed by atoms with Crippen molar-refractivity contribution in [1.82, 2.24) is 20.0 Å². The SMILES string of the molecule is CN(C)C(=O)NCC(=O)N1CCC[C@@]2(CCC(=O)N(CC3CC3)C2)C1. The van der Waals surface area contributed by atoms with Gasteiger partial charge >= 0.3 is 6.03 Å². The second-order valence-electron chi connectivity index (χ2n) is 8.19. The van der Waals surface area contributed by atoms with Crippen molar-refractivity contribution in [2.45, 2.75) is 38.5 Å². The third-order valence-electron chi connectivity index (χ3n) is 5.73. The van der Waals surface area contributed by atoms with E-state index in [2.05, 4.69) is 5.32 Å². The van der Waals surface area contributed by atoms with E-state index in [0.717, 1.165) is 38.9 Å². The van der Waals surface area contributed by atoms with Crippen LogP contribution in [-0.2, 0) is 9.59 Å². The van der Waals surface area contributed by atoms with Crippen molar-refractivity contribution in [3.8, 4) is 0 Å². The van der Waals surface area contributed by atoms with Crippen LogP contribution in [0.4, 0.5) is 4.79 Å². The minimum atomic E-state index is -0.251. The van der Waals surface area contributed by atoms with Gasteiger partial charge < -0.3 is 20.0 Å². The van der Waals surface area contributed by atoms with Crippen LogP contribution in [0.25, 0.3) is 0 Å². The Morgan fingerprint density at radius 1 is 1.24 bits per heavy atom. The van der Waals surface area contributed by atoms with Gasteiger partial charge in [0.15, 0.2) is 0 Å². The first kappa shape index (κ1) is 18.0. The molecule has 3 aliphatic rings. The molecule has 0 radical (unpaired) electrons. The molecule has 0 aromatic rings. The van der Waals surface area contributed by atoms with E-state index in [-0.39, 0.29) is 29.8 Å². The molecule has 1 atom stereocenters. The lowest BCUT2D eigenvalue weighted by molar-refractivity contribution is -0.142. The van der Waals surface area contributed by atoms with Crippen molar-refractivity contribution in [2.75, 3.05) is 46.8 Å². The number of hydrogen-bond acceptors (Lipinski definition) is 3. The Hall–Kier alpha value is -1.79. The largest absolute Gasteiger partial charge is 0.342 e. The molecule has 2 aliphatic heterocycles. The van der Waals surface area contributed by atoms with Gasteiger partial charge in [0, 0.05) is 52.1 Å². The number of nitrogens with zero attached hydrogens (tertiary/aromatic N) is 3. The van der Waals surface area contributed by atoms with Crippen molar-refractivity contribution >= 4 is 17.8 Å². The topological polar surface area (TPSA) is 73.0 Å². The second kappa shape index (κ2) is 7.22. The van der Waals surface area contributed by atoms with Gasteiger partial charge in [-0.2, -0.15) is 0 Å². The van der Waals surface area contributed by atoms with Crippen LogP contribution in [-0.4, -0.2) is 79.4 Å². The highest BCUT2D eigenvalue weighted by Gasteiger charge is 2.43. The summed E-state index contributed by atoms with van der Waals surface area (Å²) in [6.07, 6.45) is 6.01. The van der Waals surface area contributed by atoms with Crippen LogP contribution < -0.4 is 5.32 Å². The third kappa shape index (κ3) is 4.44. The van der Waals surface area contributed by atoms with Gasteiger partial charge in [-0.25, -0.2) is 4.79 Å². The molecule has 2 heterocycles. The smallest absolute Gasteiger partial charge is 0.317 e. The molecule has 2 saturated heterocycles. The molecule has 1 spiro atoms. The zero-order chi connectivity index (χ0) is 18.0. The molecule has 4 amide bonds. The van der Waals surface area contributed by atoms with Gasteiger partial charge in [0.25, 0.3) is 0 Å². The average Bonchev–Trinajstić information content (AvgIpc) is 3.40. The van der Waals surface area contributed by atoms with Crippen LogP contribution in [0.1, 0.15) is 38.5 Å². The number of nitrogens with one attached hydrogen (secondary N) is 1. The van der Waals surface area contributed by atoms with Gasteiger partial charge in [-0.3, -0.25) is 9.59 Å². The van der Waals surface area contributed by atoms with Crippen LogP contribution in [0.2, 0.25) is 0 Å². The Morgan fingerprint density at radius 3 is 2.68 bits per heavy atom. The zero-order valence-corrected chi connectivity index (χ0v) is 15.4. The van der Waals surface area contributed by atoms with Crippen LogP contribution in [0, 0.1) is 11.3 Å². The maximum absolute atomic E-state index is 12.5. The number of amides is 4. The molecule has 1 saturated carbocycles. The molecule has 0 aromatic heterocycles. The molecule has 7 nitrogen and oxygen atoms in total. The first-order valence-corrected chi connectivity index (χ1v) is 9.39. The molecule has 3 fully saturated rings. The average molecular weight is 350 g/mol. The Balaban J connectivity index is 1.56. The summed E-state index contributed by atoms with van der Waals surface area (Å²) in [6, 6.07) is -0.251. The summed E-state index contributed by atoms with van der Waals surface area (Å²) >= 11 is 0. The lowest BCUT2D eigenvalue weighted by atomic mass is 9.73. The summed E-state index contributed by atoms with van der Waals surface area (Å²) in [6.45, 7) is 3.18. The zero-order valence-electron chi connectivity index (χ0n) is 15.4. The molecule has 7 heteroatoms. The van der Waals surface area contributed by atoms with E-state index < -0.39 is 0 Å². The number of carbonyl (C=O) groups excluding carboxylic acids is 3. The number of rotatable bonds is 4. The van der Waals surface area contributed by atoms with Gasteiger partial charge in [-0.1, -0.05) is 0 Å². The number of carbonyl (C=O) groups is 3. The Morgan fingerprint density at radius 2 is 2.00 bits per heavy atom. The van der Waals surface area contributed by atoms with Gasteiger partial charge in [0.05, 0.1) is 6.54 Å². The van der Waals surface area contributed by atoms with E-state index in [4.69, 9.17) is 0 Å². The number of urea groups is 1. The van der Waals surface area contributed by atoms with Crippen LogP contribution in [0.5, 0.6) is 0 Å². The summed E-state index contributed by atoms with van der Waals surface area (Å²) in [4.78, 5) is 41.7.